The van der Waals surface area contributed by atoms with E-state index < -0.39 is 6.09 Å². The smallest absolute Gasteiger partial charge is 0.411 e. The van der Waals surface area contributed by atoms with Crippen LogP contribution in [-0.2, 0) is 22.4 Å². The standard InChI is InChI=1S/C28H31N5O4/c1-3-17-8-10-20-18(14-17)12-13-33(27(20)35)24-6-4-5-7-25(34)31-22-15-19(30-28(36)37-2)9-11-21(22)23-16-29-26(24)32-23/h8-11,14-16,24H,3-7,12-13H2,1-2H3,(H,29,32)(H,30,36)(H,31,34)/t24-/m0/s1. The van der Waals surface area contributed by atoms with Gasteiger partial charge >= 0.3 is 6.09 Å². The van der Waals surface area contributed by atoms with Gasteiger partial charge in [-0.15, -0.1) is 0 Å². The summed E-state index contributed by atoms with van der Waals surface area (Å²) in [7, 11) is 1.29. The Balaban J connectivity index is 1.49. The van der Waals surface area contributed by atoms with Gasteiger partial charge in [-0.25, -0.2) is 9.78 Å². The Morgan fingerprint density at radius 3 is 2.78 bits per heavy atom. The predicted molar refractivity (Wildman–Crippen MR) is 140 cm³/mol. The second-order valence-electron chi connectivity index (χ2n) is 9.45. The molecule has 9 heteroatoms. The molecular weight excluding hydrogens is 470 g/mol. The van der Waals surface area contributed by atoms with Crippen LogP contribution < -0.4 is 10.6 Å². The van der Waals surface area contributed by atoms with Gasteiger partial charge in [0.05, 0.1) is 24.5 Å². The van der Waals surface area contributed by atoms with Crippen LogP contribution in [0.4, 0.5) is 16.2 Å². The minimum absolute atomic E-state index is 0.0237. The topological polar surface area (TPSA) is 116 Å². The van der Waals surface area contributed by atoms with Crippen LogP contribution in [0.25, 0.3) is 11.3 Å². The number of carbonyl (C=O) groups is 3. The van der Waals surface area contributed by atoms with Gasteiger partial charge < -0.3 is 19.9 Å². The lowest BCUT2D eigenvalue weighted by molar-refractivity contribution is -0.116. The van der Waals surface area contributed by atoms with Crippen molar-refractivity contribution in [3.8, 4) is 11.3 Å². The van der Waals surface area contributed by atoms with E-state index in [0.717, 1.165) is 36.2 Å². The molecule has 192 valence electrons. The number of ether oxygens (including phenoxy) is 1. The molecule has 0 saturated heterocycles. The normalized spacial score (nSPS) is 17.6. The van der Waals surface area contributed by atoms with E-state index in [1.54, 1.807) is 24.4 Å². The Hall–Kier alpha value is -4.14. The van der Waals surface area contributed by atoms with Gasteiger partial charge in [0.2, 0.25) is 5.91 Å². The van der Waals surface area contributed by atoms with Crippen LogP contribution in [0.1, 0.15) is 66.0 Å². The van der Waals surface area contributed by atoms with Gasteiger partial charge in [0.25, 0.3) is 5.91 Å². The fraction of sp³-hybridized carbons (Fsp3) is 0.357. The number of aromatic amines is 1. The van der Waals surface area contributed by atoms with E-state index in [2.05, 4.69) is 33.3 Å². The molecule has 2 aliphatic heterocycles. The lowest BCUT2D eigenvalue weighted by Gasteiger charge is -2.35. The first-order chi connectivity index (χ1) is 18.0. The monoisotopic (exact) mass is 501 g/mol. The number of hydrogen-bond donors (Lipinski definition) is 3. The van der Waals surface area contributed by atoms with Crippen molar-refractivity contribution >= 4 is 29.3 Å². The van der Waals surface area contributed by atoms with Crippen molar-refractivity contribution in [3.05, 3.63) is 65.1 Å². The summed E-state index contributed by atoms with van der Waals surface area (Å²) >= 11 is 0. The predicted octanol–water partition coefficient (Wildman–Crippen LogP) is 5.07. The molecule has 3 amide bonds. The molecule has 1 aromatic heterocycles. The Morgan fingerprint density at radius 1 is 1.14 bits per heavy atom. The summed E-state index contributed by atoms with van der Waals surface area (Å²) in [6.45, 7) is 2.74. The summed E-state index contributed by atoms with van der Waals surface area (Å²) in [5, 5.41) is 5.59. The number of aromatic nitrogens is 2. The van der Waals surface area contributed by atoms with Crippen LogP contribution in [0.3, 0.4) is 0 Å². The zero-order chi connectivity index (χ0) is 25.9. The lowest BCUT2D eigenvalue weighted by Crippen LogP contribution is -2.41. The highest BCUT2D eigenvalue weighted by Gasteiger charge is 2.32. The van der Waals surface area contributed by atoms with Crippen molar-refractivity contribution in [2.24, 2.45) is 0 Å². The van der Waals surface area contributed by atoms with Crippen LogP contribution >= 0.6 is 0 Å². The number of aryl methyl sites for hydroxylation is 1. The molecular formula is C28H31N5O4. The van der Waals surface area contributed by atoms with Crippen LogP contribution in [0.5, 0.6) is 0 Å². The molecule has 0 fully saturated rings. The van der Waals surface area contributed by atoms with E-state index in [1.165, 1.54) is 12.7 Å². The zero-order valence-electron chi connectivity index (χ0n) is 21.1. The molecule has 3 N–H and O–H groups in total. The first-order valence-electron chi connectivity index (χ1n) is 12.7. The molecule has 2 aliphatic rings. The highest BCUT2D eigenvalue weighted by Crippen LogP contribution is 2.35. The highest BCUT2D eigenvalue weighted by molar-refractivity contribution is 5.98. The summed E-state index contributed by atoms with van der Waals surface area (Å²) in [4.78, 5) is 48.1. The number of H-pyrrole nitrogens is 1. The third-order valence-electron chi connectivity index (χ3n) is 7.11. The molecule has 2 aromatic carbocycles. The second-order valence-corrected chi connectivity index (χ2v) is 9.45. The first kappa shape index (κ1) is 24.5. The molecule has 5 rings (SSSR count). The maximum Gasteiger partial charge on any atom is 0.411 e. The van der Waals surface area contributed by atoms with Gasteiger partial charge in [-0.2, -0.15) is 0 Å². The molecule has 0 unspecified atom stereocenters. The number of fused-ring (bicyclic) bond motifs is 5. The molecule has 3 aromatic rings. The highest BCUT2D eigenvalue weighted by atomic mass is 16.5. The number of methoxy groups -OCH3 is 1. The molecule has 0 saturated carbocycles. The number of anilines is 2. The van der Waals surface area contributed by atoms with Gasteiger partial charge in [0, 0.05) is 36.0 Å². The number of amides is 3. The molecule has 37 heavy (non-hydrogen) atoms. The van der Waals surface area contributed by atoms with Gasteiger partial charge in [0.1, 0.15) is 5.82 Å². The van der Waals surface area contributed by atoms with E-state index in [0.29, 0.717) is 48.4 Å². The van der Waals surface area contributed by atoms with Gasteiger partial charge in [-0.3, -0.25) is 14.9 Å². The maximum absolute atomic E-state index is 13.6. The molecule has 9 nitrogen and oxygen atoms in total. The van der Waals surface area contributed by atoms with Crippen molar-refractivity contribution in [3.63, 3.8) is 0 Å². The van der Waals surface area contributed by atoms with E-state index in [9.17, 15) is 14.4 Å². The van der Waals surface area contributed by atoms with Crippen molar-refractivity contribution in [1.82, 2.24) is 14.9 Å². The molecule has 0 spiro atoms. The van der Waals surface area contributed by atoms with Crippen molar-refractivity contribution < 1.29 is 19.1 Å². The average molecular weight is 502 g/mol. The van der Waals surface area contributed by atoms with E-state index in [4.69, 9.17) is 4.98 Å². The lowest BCUT2D eigenvalue weighted by atomic mass is 9.93. The SMILES string of the molecule is CCc1ccc2c(c1)CCN([C@H]1CCCCC(=O)Nc3cc(NC(=O)OC)ccc3-c3c[nH]c1n3)C2=O. The fourth-order valence-electron chi connectivity index (χ4n) is 5.12. The molecule has 3 heterocycles. The third kappa shape index (κ3) is 5.07. The van der Waals surface area contributed by atoms with Crippen LogP contribution in [-0.4, -0.2) is 46.4 Å². The number of nitrogens with zero attached hydrogens (tertiary/aromatic N) is 2. The van der Waals surface area contributed by atoms with Crippen LogP contribution in [0.2, 0.25) is 0 Å². The first-order valence-corrected chi connectivity index (χ1v) is 12.7. The Labute approximate surface area is 215 Å². The van der Waals surface area contributed by atoms with E-state index in [1.807, 2.05) is 17.0 Å². The number of imidazole rings is 1. The number of nitrogens with one attached hydrogen (secondary N) is 3. The summed E-state index contributed by atoms with van der Waals surface area (Å²) < 4.78 is 4.68. The summed E-state index contributed by atoms with van der Waals surface area (Å²) in [6, 6.07) is 11.1. The van der Waals surface area contributed by atoms with E-state index >= 15 is 0 Å². The summed E-state index contributed by atoms with van der Waals surface area (Å²) in [5.74, 6) is 0.640. The second kappa shape index (κ2) is 10.5. The minimum Gasteiger partial charge on any atom is -0.453 e. The largest absolute Gasteiger partial charge is 0.453 e. The third-order valence-corrected chi connectivity index (χ3v) is 7.11. The average Bonchev–Trinajstić information content (AvgIpc) is 3.38. The van der Waals surface area contributed by atoms with Crippen molar-refractivity contribution in [2.45, 2.75) is 51.5 Å². The number of benzene rings is 2. The summed E-state index contributed by atoms with van der Waals surface area (Å²) in [5.41, 5.74) is 5.52. The number of carbonyl (C=O) groups excluding carboxylic acids is 3. The quantitative estimate of drug-likeness (QED) is 0.463. The number of hydrogen-bond acceptors (Lipinski definition) is 5. The maximum atomic E-state index is 13.6. The minimum atomic E-state index is -0.594. The van der Waals surface area contributed by atoms with Crippen molar-refractivity contribution in [2.75, 3.05) is 24.3 Å². The Morgan fingerprint density at radius 2 is 1.97 bits per heavy atom. The van der Waals surface area contributed by atoms with Gasteiger partial charge in [0.15, 0.2) is 0 Å². The fourth-order valence-corrected chi connectivity index (χ4v) is 5.12. The van der Waals surface area contributed by atoms with Gasteiger partial charge in [-0.05, 0) is 61.1 Å². The number of rotatable bonds is 3. The Bertz CT molecular complexity index is 1350. The zero-order valence-corrected chi connectivity index (χ0v) is 21.1. The summed E-state index contributed by atoms with van der Waals surface area (Å²) in [6.07, 6.45) is 5.48. The Kier molecular flexibility index (Phi) is 6.94. The molecule has 0 aliphatic carbocycles. The van der Waals surface area contributed by atoms with Crippen LogP contribution in [0, 0.1) is 0 Å². The molecule has 1 atom stereocenters. The van der Waals surface area contributed by atoms with Crippen molar-refractivity contribution in [1.29, 1.82) is 0 Å². The van der Waals surface area contributed by atoms with Crippen LogP contribution in [0.15, 0.2) is 42.6 Å². The van der Waals surface area contributed by atoms with E-state index in [-0.39, 0.29) is 17.9 Å². The molecule has 0 radical (unpaired) electrons. The van der Waals surface area contributed by atoms with Gasteiger partial charge in [-0.1, -0.05) is 25.5 Å². The molecule has 2 bridgehead atoms.